The summed E-state index contributed by atoms with van der Waals surface area (Å²) in [7, 11) is 0. The van der Waals surface area contributed by atoms with Crippen LogP contribution < -0.4 is 4.90 Å². The first kappa shape index (κ1) is 23.5. The molecule has 0 fully saturated rings. The minimum atomic E-state index is 0.00248. The summed E-state index contributed by atoms with van der Waals surface area (Å²) in [6, 6.07) is 25.6. The smallest absolute Gasteiger partial charge is 0.228 e. The third-order valence-electron chi connectivity index (χ3n) is 6.46. The fourth-order valence-electron chi connectivity index (χ4n) is 5.34. The van der Waals surface area contributed by atoms with Gasteiger partial charge in [-0.2, -0.15) is 0 Å². The molecule has 0 aliphatic rings. The summed E-state index contributed by atoms with van der Waals surface area (Å²) in [5.74, 6) is 0.00248. The van der Waals surface area contributed by atoms with Gasteiger partial charge in [0.25, 0.3) is 0 Å². The van der Waals surface area contributed by atoms with Crippen molar-refractivity contribution in [2.45, 2.75) is 48.5 Å². The molecule has 0 aliphatic carbocycles. The van der Waals surface area contributed by atoms with Crippen LogP contribution in [0, 0.1) is 41.5 Å². The highest BCUT2D eigenvalue weighted by atomic mass is 16.2. The highest BCUT2D eigenvalue weighted by molar-refractivity contribution is 6.04. The van der Waals surface area contributed by atoms with Crippen LogP contribution in [0.5, 0.6) is 0 Å². The highest BCUT2D eigenvalue weighted by Crippen LogP contribution is 2.41. The quantitative estimate of drug-likeness (QED) is 0.307. The zero-order valence-corrected chi connectivity index (χ0v) is 21.3. The lowest BCUT2D eigenvalue weighted by Gasteiger charge is -2.28. The Labute approximate surface area is 203 Å². The Morgan fingerprint density at radius 1 is 0.618 bits per heavy atom. The van der Waals surface area contributed by atoms with Crippen molar-refractivity contribution >= 4 is 17.3 Å². The molecular weight excluding hydrogens is 414 g/mol. The zero-order valence-electron chi connectivity index (χ0n) is 21.3. The van der Waals surface area contributed by atoms with E-state index in [2.05, 4.69) is 108 Å². The highest BCUT2D eigenvalue weighted by Gasteiger charge is 2.23. The molecule has 2 nitrogen and oxygen atoms in total. The lowest BCUT2D eigenvalue weighted by Crippen LogP contribution is -2.25. The maximum absolute atomic E-state index is 13.1. The van der Waals surface area contributed by atoms with Crippen LogP contribution in [-0.4, -0.2) is 5.91 Å². The molecule has 0 heterocycles. The average molecular weight is 448 g/mol. The van der Waals surface area contributed by atoms with Crippen molar-refractivity contribution in [3.63, 3.8) is 0 Å². The molecule has 34 heavy (non-hydrogen) atoms. The van der Waals surface area contributed by atoms with Crippen LogP contribution in [0.3, 0.4) is 0 Å². The molecule has 0 aliphatic heterocycles. The molecule has 2 heteroatoms. The van der Waals surface area contributed by atoms with Gasteiger partial charge >= 0.3 is 0 Å². The molecule has 4 rings (SSSR count). The SMILES string of the molecule is CC(=O)N(c1ccc(-c2c(C)cc(C)cc2C)cc1-c1ccccc1)c1c(C)cc(C)cc1C. The minimum absolute atomic E-state index is 0.00248. The Bertz CT molecular complexity index is 1340. The molecule has 0 atom stereocenters. The predicted molar refractivity (Wildman–Crippen MR) is 145 cm³/mol. The molecule has 0 unspecified atom stereocenters. The third kappa shape index (κ3) is 4.41. The van der Waals surface area contributed by atoms with E-state index in [-0.39, 0.29) is 5.91 Å². The number of carbonyl (C=O) groups is 1. The standard InChI is InChI=1S/C32H33NO/c1-20-15-22(3)31(23(4)16-20)28-13-14-30(29(19-28)27-11-9-8-10-12-27)33(26(7)34)32-24(5)17-21(2)18-25(32)6/h8-19H,1-7H3. The maximum atomic E-state index is 13.1. The summed E-state index contributed by atoms with van der Waals surface area (Å²) in [5, 5.41) is 0. The van der Waals surface area contributed by atoms with Crippen molar-refractivity contribution in [1.82, 2.24) is 0 Å². The zero-order chi connectivity index (χ0) is 24.6. The summed E-state index contributed by atoms with van der Waals surface area (Å²) in [5.41, 5.74) is 13.6. The van der Waals surface area contributed by atoms with Crippen LogP contribution >= 0.6 is 0 Å². The van der Waals surface area contributed by atoms with Gasteiger partial charge in [-0.05, 0) is 92.6 Å². The summed E-state index contributed by atoms with van der Waals surface area (Å²) >= 11 is 0. The number of rotatable bonds is 4. The number of nitrogens with zero attached hydrogens (tertiary/aromatic N) is 1. The summed E-state index contributed by atoms with van der Waals surface area (Å²) in [4.78, 5) is 15.0. The number of hydrogen-bond donors (Lipinski definition) is 0. The van der Waals surface area contributed by atoms with E-state index in [9.17, 15) is 4.79 Å². The van der Waals surface area contributed by atoms with E-state index in [0.29, 0.717) is 0 Å². The van der Waals surface area contributed by atoms with E-state index in [4.69, 9.17) is 0 Å². The predicted octanol–water partition coefficient (Wildman–Crippen LogP) is 8.56. The first-order valence-electron chi connectivity index (χ1n) is 11.8. The second-order valence-corrected chi connectivity index (χ2v) is 9.47. The van der Waals surface area contributed by atoms with Gasteiger partial charge in [0.15, 0.2) is 0 Å². The van der Waals surface area contributed by atoms with E-state index >= 15 is 0 Å². The van der Waals surface area contributed by atoms with Crippen molar-refractivity contribution in [3.05, 3.63) is 106 Å². The van der Waals surface area contributed by atoms with E-state index in [1.807, 2.05) is 11.0 Å². The summed E-state index contributed by atoms with van der Waals surface area (Å²) in [6.07, 6.45) is 0. The van der Waals surface area contributed by atoms with Crippen LogP contribution in [0.15, 0.2) is 72.8 Å². The van der Waals surface area contributed by atoms with E-state index < -0.39 is 0 Å². The van der Waals surface area contributed by atoms with Crippen LogP contribution in [-0.2, 0) is 4.79 Å². The van der Waals surface area contributed by atoms with Crippen LogP contribution in [0.1, 0.15) is 40.3 Å². The largest absolute Gasteiger partial charge is 0.280 e. The molecule has 0 spiro atoms. The molecule has 0 aromatic heterocycles. The second kappa shape index (κ2) is 9.30. The maximum Gasteiger partial charge on any atom is 0.228 e. The van der Waals surface area contributed by atoms with Gasteiger partial charge in [-0.1, -0.05) is 71.8 Å². The fraction of sp³-hybridized carbons (Fsp3) is 0.219. The Morgan fingerprint density at radius 3 is 1.68 bits per heavy atom. The average Bonchev–Trinajstić information content (AvgIpc) is 2.76. The summed E-state index contributed by atoms with van der Waals surface area (Å²) < 4.78 is 0. The van der Waals surface area contributed by atoms with Gasteiger partial charge in [0, 0.05) is 12.5 Å². The molecule has 0 bridgehead atoms. The molecule has 0 radical (unpaired) electrons. The van der Waals surface area contributed by atoms with E-state index in [0.717, 1.165) is 33.6 Å². The topological polar surface area (TPSA) is 20.3 Å². The van der Waals surface area contributed by atoms with Gasteiger partial charge in [-0.15, -0.1) is 0 Å². The number of hydrogen-bond acceptors (Lipinski definition) is 1. The first-order valence-corrected chi connectivity index (χ1v) is 11.8. The van der Waals surface area contributed by atoms with Crippen LogP contribution in [0.4, 0.5) is 11.4 Å². The normalized spacial score (nSPS) is 10.9. The van der Waals surface area contributed by atoms with Gasteiger partial charge in [0.2, 0.25) is 5.91 Å². The van der Waals surface area contributed by atoms with Crippen molar-refractivity contribution in [3.8, 4) is 22.3 Å². The van der Waals surface area contributed by atoms with Crippen LogP contribution in [0.25, 0.3) is 22.3 Å². The van der Waals surface area contributed by atoms with Crippen molar-refractivity contribution < 1.29 is 4.79 Å². The Hall–Kier alpha value is -3.65. The number of carbonyl (C=O) groups excluding carboxylic acids is 1. The minimum Gasteiger partial charge on any atom is -0.280 e. The fourth-order valence-corrected chi connectivity index (χ4v) is 5.34. The molecule has 172 valence electrons. The lowest BCUT2D eigenvalue weighted by atomic mass is 9.90. The van der Waals surface area contributed by atoms with E-state index in [1.165, 1.54) is 33.4 Å². The number of anilines is 2. The molecule has 0 saturated carbocycles. The first-order chi connectivity index (χ1) is 16.2. The van der Waals surface area contributed by atoms with Crippen molar-refractivity contribution in [1.29, 1.82) is 0 Å². The number of amides is 1. The Morgan fingerprint density at radius 2 is 1.15 bits per heavy atom. The summed E-state index contributed by atoms with van der Waals surface area (Å²) in [6.45, 7) is 14.4. The Kier molecular flexibility index (Phi) is 6.43. The molecule has 1 amide bonds. The molecular formula is C32H33NO. The second-order valence-electron chi connectivity index (χ2n) is 9.47. The van der Waals surface area contributed by atoms with Gasteiger partial charge in [-0.25, -0.2) is 0 Å². The molecule has 0 N–H and O–H groups in total. The number of benzene rings is 4. The van der Waals surface area contributed by atoms with Crippen molar-refractivity contribution in [2.75, 3.05) is 4.90 Å². The molecule has 4 aromatic rings. The van der Waals surface area contributed by atoms with Gasteiger partial charge < -0.3 is 0 Å². The lowest BCUT2D eigenvalue weighted by molar-refractivity contribution is -0.115. The molecule has 4 aromatic carbocycles. The Balaban J connectivity index is 2.01. The van der Waals surface area contributed by atoms with Crippen molar-refractivity contribution in [2.24, 2.45) is 0 Å². The van der Waals surface area contributed by atoms with Gasteiger partial charge in [0.05, 0.1) is 11.4 Å². The van der Waals surface area contributed by atoms with Gasteiger partial charge in [0.1, 0.15) is 0 Å². The number of aryl methyl sites for hydroxylation is 6. The third-order valence-corrected chi connectivity index (χ3v) is 6.46. The molecule has 0 saturated heterocycles. The van der Waals surface area contributed by atoms with Gasteiger partial charge in [-0.3, -0.25) is 9.69 Å². The van der Waals surface area contributed by atoms with Crippen LogP contribution in [0.2, 0.25) is 0 Å². The monoisotopic (exact) mass is 447 g/mol. The van der Waals surface area contributed by atoms with E-state index in [1.54, 1.807) is 6.92 Å².